The molecular formula is C21H23F2N5O4. The molecule has 1 aromatic carbocycles. The summed E-state index contributed by atoms with van der Waals surface area (Å²) in [5.74, 6) is -3.50. The minimum atomic E-state index is -1.47. The Morgan fingerprint density at radius 2 is 2.09 bits per heavy atom. The van der Waals surface area contributed by atoms with Crippen molar-refractivity contribution in [3.8, 4) is 0 Å². The highest BCUT2D eigenvalue weighted by molar-refractivity contribution is 6.00. The van der Waals surface area contributed by atoms with Gasteiger partial charge in [-0.05, 0) is 19.8 Å². The van der Waals surface area contributed by atoms with Gasteiger partial charge in [0.25, 0.3) is 0 Å². The number of aromatic nitrogens is 1. The van der Waals surface area contributed by atoms with E-state index in [-0.39, 0.29) is 29.2 Å². The maximum absolute atomic E-state index is 15.9. The number of halogens is 2. The first-order chi connectivity index (χ1) is 15.3. The molecule has 2 fully saturated rings. The minimum absolute atomic E-state index is 0.170. The monoisotopic (exact) mass is 447 g/mol. The van der Waals surface area contributed by atoms with Crippen LogP contribution >= 0.6 is 0 Å². The molecule has 0 amide bonds. The summed E-state index contributed by atoms with van der Waals surface area (Å²) in [4.78, 5) is 31.1. The van der Waals surface area contributed by atoms with Crippen LogP contribution in [0.25, 0.3) is 10.9 Å². The Morgan fingerprint density at radius 1 is 1.38 bits per heavy atom. The van der Waals surface area contributed by atoms with Crippen molar-refractivity contribution in [2.24, 2.45) is 5.41 Å². The number of benzene rings is 1. The number of aromatic carboxylic acids is 1. The van der Waals surface area contributed by atoms with Crippen molar-refractivity contribution in [3.63, 3.8) is 0 Å². The molecule has 32 heavy (non-hydrogen) atoms. The first-order valence-corrected chi connectivity index (χ1v) is 10.4. The largest absolute Gasteiger partial charge is 0.477 e. The number of hydroxylamine groups is 1. The lowest BCUT2D eigenvalue weighted by atomic mass is 9.80. The molecule has 11 heteroatoms. The zero-order valence-corrected chi connectivity index (χ0v) is 17.4. The van der Waals surface area contributed by atoms with Crippen molar-refractivity contribution in [3.05, 3.63) is 45.5 Å². The highest BCUT2D eigenvalue weighted by Gasteiger charge is 2.48. The maximum Gasteiger partial charge on any atom is 0.341 e. The van der Waals surface area contributed by atoms with Gasteiger partial charge in [0.05, 0.1) is 34.3 Å². The van der Waals surface area contributed by atoms with E-state index >= 15 is 8.78 Å². The molecule has 3 heterocycles. The lowest BCUT2D eigenvalue weighted by Crippen LogP contribution is -2.58. The summed E-state index contributed by atoms with van der Waals surface area (Å²) in [6, 6.07) is -0.171. The van der Waals surface area contributed by atoms with Gasteiger partial charge in [-0.3, -0.25) is 15.1 Å². The van der Waals surface area contributed by atoms with Gasteiger partial charge >= 0.3 is 5.97 Å². The van der Waals surface area contributed by atoms with Crippen molar-refractivity contribution in [2.75, 3.05) is 36.9 Å². The van der Waals surface area contributed by atoms with Crippen LogP contribution in [0.5, 0.6) is 0 Å². The second kappa shape index (κ2) is 7.17. The van der Waals surface area contributed by atoms with Gasteiger partial charge in [0, 0.05) is 38.1 Å². The van der Waals surface area contributed by atoms with Crippen LogP contribution in [0.3, 0.4) is 0 Å². The number of pyridine rings is 1. The molecule has 0 unspecified atom stereocenters. The Bertz CT molecular complexity index is 1230. The highest BCUT2D eigenvalue weighted by atomic mass is 19.1. The molecular weight excluding hydrogens is 424 g/mol. The number of carboxylic acid groups (broad SMARTS) is 1. The number of carboxylic acids is 1. The summed E-state index contributed by atoms with van der Waals surface area (Å²) in [6.07, 6.45) is 4.12. The van der Waals surface area contributed by atoms with E-state index < -0.39 is 39.7 Å². The Labute approximate surface area is 181 Å². The van der Waals surface area contributed by atoms with Crippen molar-refractivity contribution < 1.29 is 23.5 Å². The molecule has 1 saturated carbocycles. The van der Waals surface area contributed by atoms with Crippen LogP contribution in [0.1, 0.15) is 36.2 Å². The number of nitrogens with two attached hydrogens (primary N) is 1. The molecule has 1 aliphatic carbocycles. The summed E-state index contributed by atoms with van der Waals surface area (Å²) in [5, 5.41) is 12.2. The molecule has 9 nitrogen and oxygen atoms in total. The predicted octanol–water partition coefficient (Wildman–Crippen LogP) is 1.69. The van der Waals surface area contributed by atoms with E-state index in [0.29, 0.717) is 38.2 Å². The van der Waals surface area contributed by atoms with E-state index in [2.05, 4.69) is 10.8 Å². The predicted molar refractivity (Wildman–Crippen MR) is 113 cm³/mol. The highest BCUT2D eigenvalue weighted by Crippen LogP contribution is 2.45. The van der Waals surface area contributed by atoms with Gasteiger partial charge in [-0.1, -0.05) is 0 Å². The standard InChI is InChI=1S/C21H23F2N5O4/c1-2-32-26-12-6-27(9-21(12)7-25-8-21)18-14(22)16(24)13-17(15(18)23)28(10-3-4-10)5-11(19(13)29)20(30)31/h5-6,10,25-26H,2-4,7-9,24H2,1H3,(H,30,31). The van der Waals surface area contributed by atoms with Crippen molar-refractivity contribution in [2.45, 2.75) is 25.8 Å². The number of hydrogen-bond acceptors (Lipinski definition) is 7. The van der Waals surface area contributed by atoms with Gasteiger partial charge in [0.1, 0.15) is 11.3 Å². The Hall–Kier alpha value is -3.18. The first kappa shape index (κ1) is 20.7. The van der Waals surface area contributed by atoms with Crippen LogP contribution in [0.4, 0.5) is 20.2 Å². The van der Waals surface area contributed by atoms with Gasteiger partial charge in [-0.15, -0.1) is 0 Å². The summed E-state index contributed by atoms with van der Waals surface area (Å²) >= 11 is 0. The number of nitrogens with one attached hydrogen (secondary N) is 2. The number of hydrogen-bond donors (Lipinski definition) is 4. The van der Waals surface area contributed by atoms with E-state index in [9.17, 15) is 14.7 Å². The van der Waals surface area contributed by atoms with Crippen LogP contribution in [0.2, 0.25) is 0 Å². The maximum atomic E-state index is 15.9. The SMILES string of the molecule is CCONC1=CN(c2c(F)c(N)c3c(=O)c(C(=O)O)cn(C4CC4)c3c2F)CC12CNC2. The third-order valence-corrected chi connectivity index (χ3v) is 6.40. The quantitative estimate of drug-likeness (QED) is 0.390. The van der Waals surface area contributed by atoms with Gasteiger partial charge in [-0.2, -0.15) is 0 Å². The molecule has 170 valence electrons. The number of carbonyl (C=O) groups is 1. The van der Waals surface area contributed by atoms with Crippen LogP contribution in [-0.4, -0.2) is 41.9 Å². The summed E-state index contributed by atoms with van der Waals surface area (Å²) in [6.45, 7) is 3.73. The van der Waals surface area contributed by atoms with Crippen LogP contribution in [0, 0.1) is 17.0 Å². The first-order valence-electron chi connectivity index (χ1n) is 10.4. The number of anilines is 2. The average Bonchev–Trinajstić information content (AvgIpc) is 3.49. The fourth-order valence-electron chi connectivity index (χ4n) is 4.50. The number of nitrogen functional groups attached to an aromatic ring is 1. The third kappa shape index (κ3) is 2.88. The van der Waals surface area contributed by atoms with Gasteiger partial charge in [-0.25, -0.2) is 13.6 Å². The van der Waals surface area contributed by atoms with Crippen LogP contribution in [0.15, 0.2) is 22.9 Å². The average molecular weight is 447 g/mol. The van der Waals surface area contributed by atoms with Crippen molar-refractivity contribution in [1.29, 1.82) is 0 Å². The molecule has 5 rings (SSSR count). The zero-order valence-electron chi connectivity index (χ0n) is 17.4. The molecule has 1 spiro atoms. The second-order valence-electron chi connectivity index (χ2n) is 8.52. The minimum Gasteiger partial charge on any atom is -0.477 e. The number of nitrogens with zero attached hydrogens (tertiary/aromatic N) is 2. The Kier molecular flexibility index (Phi) is 4.64. The van der Waals surface area contributed by atoms with Gasteiger partial charge in [0.2, 0.25) is 5.43 Å². The van der Waals surface area contributed by atoms with E-state index in [4.69, 9.17) is 10.6 Å². The number of rotatable bonds is 6. The smallest absolute Gasteiger partial charge is 0.341 e. The van der Waals surface area contributed by atoms with E-state index in [1.807, 2.05) is 6.92 Å². The lowest BCUT2D eigenvalue weighted by Gasteiger charge is -2.41. The van der Waals surface area contributed by atoms with Gasteiger partial charge < -0.3 is 25.6 Å². The Morgan fingerprint density at radius 3 is 2.66 bits per heavy atom. The van der Waals surface area contributed by atoms with E-state index in [1.165, 1.54) is 9.47 Å². The van der Waals surface area contributed by atoms with Crippen molar-refractivity contribution in [1.82, 2.24) is 15.4 Å². The van der Waals surface area contributed by atoms with E-state index in [0.717, 1.165) is 6.20 Å². The molecule has 1 saturated heterocycles. The summed E-state index contributed by atoms with van der Waals surface area (Å²) < 4.78 is 32.8. The second-order valence-corrected chi connectivity index (χ2v) is 8.52. The summed E-state index contributed by atoms with van der Waals surface area (Å²) in [7, 11) is 0. The fourth-order valence-corrected chi connectivity index (χ4v) is 4.50. The fraction of sp³-hybridized carbons (Fsp3) is 0.429. The van der Waals surface area contributed by atoms with Gasteiger partial charge in [0.15, 0.2) is 11.6 Å². The Balaban J connectivity index is 1.73. The molecule has 1 aromatic heterocycles. The molecule has 0 radical (unpaired) electrons. The summed E-state index contributed by atoms with van der Waals surface area (Å²) in [5.41, 5.74) is 6.51. The zero-order chi connectivity index (χ0) is 22.8. The molecule has 2 aromatic rings. The van der Waals surface area contributed by atoms with Crippen LogP contribution < -0.4 is 26.9 Å². The van der Waals surface area contributed by atoms with E-state index in [1.54, 1.807) is 6.20 Å². The molecule has 3 aliphatic rings. The van der Waals surface area contributed by atoms with Crippen LogP contribution in [-0.2, 0) is 4.84 Å². The lowest BCUT2D eigenvalue weighted by molar-refractivity contribution is 0.0488. The number of fused-ring (bicyclic) bond motifs is 1. The third-order valence-electron chi connectivity index (χ3n) is 6.40. The van der Waals surface area contributed by atoms with Crippen molar-refractivity contribution >= 4 is 28.2 Å². The normalized spacial score (nSPS) is 19.3. The molecule has 0 atom stereocenters. The molecule has 5 N–H and O–H groups in total. The molecule has 0 bridgehead atoms. The molecule has 2 aliphatic heterocycles. The topological polar surface area (TPSA) is 122 Å².